The lowest BCUT2D eigenvalue weighted by Crippen LogP contribution is -2.32. The predicted octanol–water partition coefficient (Wildman–Crippen LogP) is 3.62. The molecule has 0 N–H and O–H groups in total. The van der Waals surface area contributed by atoms with E-state index in [2.05, 4.69) is 30.3 Å². The summed E-state index contributed by atoms with van der Waals surface area (Å²) < 4.78 is 2.08. The van der Waals surface area contributed by atoms with Crippen molar-refractivity contribution in [3.63, 3.8) is 0 Å². The zero-order chi connectivity index (χ0) is 13.9. The van der Waals surface area contributed by atoms with Gasteiger partial charge in [-0.05, 0) is 32.1 Å². The zero-order valence-electron chi connectivity index (χ0n) is 12.5. The molecule has 1 saturated carbocycles. The average Bonchev–Trinajstić information content (AvgIpc) is 2.98. The second kappa shape index (κ2) is 5.89. The Labute approximate surface area is 116 Å². The Morgan fingerprint density at radius 3 is 2.68 bits per heavy atom. The Kier molecular flexibility index (Phi) is 4.43. The van der Waals surface area contributed by atoms with Crippen LogP contribution in [0.1, 0.15) is 58.7 Å². The number of carbonyl (C=O) groups excluding carboxylic acids is 1. The summed E-state index contributed by atoms with van der Waals surface area (Å²) in [5, 5.41) is 0. The maximum absolute atomic E-state index is 12.8. The minimum atomic E-state index is -0.0569. The lowest BCUT2D eigenvalue weighted by Gasteiger charge is -2.29. The standard InChI is InChI=1S/C16H26N2O/c1-4-18-10-9-17-15(18)11-14(19)16(12-13(2)3)7-5-6-8-16/h9-10,13H,4-8,11-12H2,1-3H3. The van der Waals surface area contributed by atoms with Gasteiger partial charge in [0, 0.05) is 24.4 Å². The molecule has 106 valence electrons. The number of Topliss-reactive ketones (excluding diaryl/α,β-unsaturated/α-hetero) is 1. The molecule has 0 aromatic carbocycles. The van der Waals surface area contributed by atoms with Crippen molar-refractivity contribution >= 4 is 5.78 Å². The minimum absolute atomic E-state index is 0.0569. The molecule has 0 atom stereocenters. The highest BCUT2D eigenvalue weighted by Gasteiger charge is 2.41. The van der Waals surface area contributed by atoms with Crippen LogP contribution in [-0.4, -0.2) is 15.3 Å². The van der Waals surface area contributed by atoms with E-state index in [0.717, 1.165) is 31.6 Å². The molecule has 0 saturated heterocycles. The van der Waals surface area contributed by atoms with E-state index in [9.17, 15) is 4.79 Å². The smallest absolute Gasteiger partial charge is 0.146 e. The molecule has 3 heteroatoms. The van der Waals surface area contributed by atoms with Crippen LogP contribution in [0.2, 0.25) is 0 Å². The summed E-state index contributed by atoms with van der Waals surface area (Å²) in [5.74, 6) is 1.94. The van der Waals surface area contributed by atoms with Crippen LogP contribution in [-0.2, 0) is 17.8 Å². The highest BCUT2D eigenvalue weighted by atomic mass is 16.1. The Bertz CT molecular complexity index is 428. The molecule has 0 bridgehead atoms. The Morgan fingerprint density at radius 1 is 1.42 bits per heavy atom. The van der Waals surface area contributed by atoms with E-state index < -0.39 is 0 Å². The number of hydrogen-bond acceptors (Lipinski definition) is 2. The molecule has 1 aliphatic rings. The van der Waals surface area contributed by atoms with Gasteiger partial charge in [-0.3, -0.25) is 4.79 Å². The average molecular weight is 262 g/mol. The molecule has 1 aromatic rings. The first-order valence-electron chi connectivity index (χ1n) is 7.61. The zero-order valence-corrected chi connectivity index (χ0v) is 12.5. The number of ketones is 1. The van der Waals surface area contributed by atoms with Crippen molar-refractivity contribution in [2.45, 2.75) is 65.8 Å². The lowest BCUT2D eigenvalue weighted by molar-refractivity contribution is -0.129. The first-order chi connectivity index (χ1) is 9.07. The molecule has 0 radical (unpaired) electrons. The summed E-state index contributed by atoms with van der Waals surface area (Å²) in [6.07, 6.45) is 9.89. The van der Waals surface area contributed by atoms with Crippen LogP contribution >= 0.6 is 0 Å². The van der Waals surface area contributed by atoms with Gasteiger partial charge in [0.15, 0.2) is 0 Å². The van der Waals surface area contributed by atoms with E-state index in [1.54, 1.807) is 6.20 Å². The van der Waals surface area contributed by atoms with Gasteiger partial charge in [-0.1, -0.05) is 26.7 Å². The number of nitrogens with zero attached hydrogens (tertiary/aromatic N) is 2. The molecule has 1 heterocycles. The maximum atomic E-state index is 12.8. The minimum Gasteiger partial charge on any atom is -0.335 e. The van der Waals surface area contributed by atoms with Crippen LogP contribution in [0, 0.1) is 11.3 Å². The molecule has 2 rings (SSSR count). The van der Waals surface area contributed by atoms with Crippen molar-refractivity contribution in [3.8, 4) is 0 Å². The number of aromatic nitrogens is 2. The third kappa shape index (κ3) is 3.07. The molecule has 0 aliphatic heterocycles. The van der Waals surface area contributed by atoms with E-state index in [4.69, 9.17) is 0 Å². The van der Waals surface area contributed by atoms with Gasteiger partial charge in [0.2, 0.25) is 0 Å². The second-order valence-electron chi connectivity index (χ2n) is 6.31. The molecule has 0 amide bonds. The van der Waals surface area contributed by atoms with Crippen LogP contribution < -0.4 is 0 Å². The van der Waals surface area contributed by atoms with Crippen LogP contribution in [0.5, 0.6) is 0 Å². The molecular weight excluding hydrogens is 236 g/mol. The number of imidazole rings is 1. The van der Waals surface area contributed by atoms with Crippen LogP contribution in [0.4, 0.5) is 0 Å². The van der Waals surface area contributed by atoms with E-state index in [1.807, 2.05) is 6.20 Å². The normalized spacial score (nSPS) is 18.1. The Hall–Kier alpha value is -1.12. The lowest BCUT2D eigenvalue weighted by atomic mass is 9.74. The maximum Gasteiger partial charge on any atom is 0.146 e. The first-order valence-corrected chi connectivity index (χ1v) is 7.61. The largest absolute Gasteiger partial charge is 0.335 e. The highest BCUT2D eigenvalue weighted by Crippen LogP contribution is 2.44. The molecule has 0 unspecified atom stereocenters. The fourth-order valence-corrected chi connectivity index (χ4v) is 3.56. The first kappa shape index (κ1) is 14.3. The quantitative estimate of drug-likeness (QED) is 0.784. The second-order valence-corrected chi connectivity index (χ2v) is 6.31. The number of rotatable bonds is 6. The van der Waals surface area contributed by atoms with Crippen LogP contribution in [0.3, 0.4) is 0 Å². The topological polar surface area (TPSA) is 34.9 Å². The Morgan fingerprint density at radius 2 is 2.11 bits per heavy atom. The van der Waals surface area contributed by atoms with Gasteiger partial charge < -0.3 is 4.57 Å². The van der Waals surface area contributed by atoms with Gasteiger partial charge in [-0.15, -0.1) is 0 Å². The monoisotopic (exact) mass is 262 g/mol. The highest BCUT2D eigenvalue weighted by molar-refractivity contribution is 5.86. The van der Waals surface area contributed by atoms with Crippen molar-refractivity contribution in [3.05, 3.63) is 18.2 Å². The molecular formula is C16H26N2O. The number of aryl methyl sites for hydroxylation is 1. The van der Waals surface area contributed by atoms with Gasteiger partial charge in [-0.25, -0.2) is 4.98 Å². The van der Waals surface area contributed by atoms with Crippen LogP contribution in [0.15, 0.2) is 12.4 Å². The summed E-state index contributed by atoms with van der Waals surface area (Å²) in [6.45, 7) is 7.43. The van der Waals surface area contributed by atoms with Crippen molar-refractivity contribution in [1.29, 1.82) is 0 Å². The summed E-state index contributed by atoms with van der Waals surface area (Å²) in [7, 11) is 0. The fraction of sp³-hybridized carbons (Fsp3) is 0.750. The van der Waals surface area contributed by atoms with Gasteiger partial charge in [0.1, 0.15) is 11.6 Å². The number of carbonyl (C=O) groups is 1. The molecule has 1 fully saturated rings. The van der Waals surface area contributed by atoms with Gasteiger partial charge in [0.25, 0.3) is 0 Å². The van der Waals surface area contributed by atoms with Gasteiger partial charge in [-0.2, -0.15) is 0 Å². The van der Waals surface area contributed by atoms with Crippen molar-refractivity contribution < 1.29 is 4.79 Å². The van der Waals surface area contributed by atoms with Gasteiger partial charge >= 0.3 is 0 Å². The third-order valence-electron chi connectivity index (χ3n) is 4.41. The van der Waals surface area contributed by atoms with Gasteiger partial charge in [0.05, 0.1) is 6.42 Å². The van der Waals surface area contributed by atoms with E-state index in [0.29, 0.717) is 18.1 Å². The molecule has 19 heavy (non-hydrogen) atoms. The molecule has 0 spiro atoms. The van der Waals surface area contributed by atoms with Crippen LogP contribution in [0.25, 0.3) is 0 Å². The summed E-state index contributed by atoms with van der Waals surface area (Å²) in [4.78, 5) is 17.1. The van der Waals surface area contributed by atoms with E-state index >= 15 is 0 Å². The fourth-order valence-electron chi connectivity index (χ4n) is 3.56. The summed E-state index contributed by atoms with van der Waals surface area (Å²) in [5.41, 5.74) is -0.0569. The SMILES string of the molecule is CCn1ccnc1CC(=O)C1(CC(C)C)CCCC1. The summed E-state index contributed by atoms with van der Waals surface area (Å²) >= 11 is 0. The molecule has 3 nitrogen and oxygen atoms in total. The predicted molar refractivity (Wildman–Crippen MR) is 77.0 cm³/mol. The van der Waals surface area contributed by atoms with E-state index in [1.165, 1.54) is 12.8 Å². The van der Waals surface area contributed by atoms with Crippen molar-refractivity contribution in [1.82, 2.24) is 9.55 Å². The van der Waals surface area contributed by atoms with E-state index in [-0.39, 0.29) is 5.41 Å². The Balaban J connectivity index is 2.12. The molecule has 1 aliphatic carbocycles. The summed E-state index contributed by atoms with van der Waals surface area (Å²) in [6, 6.07) is 0. The van der Waals surface area contributed by atoms with Crippen molar-refractivity contribution in [2.24, 2.45) is 11.3 Å². The molecule has 1 aromatic heterocycles. The number of hydrogen-bond donors (Lipinski definition) is 0. The van der Waals surface area contributed by atoms with Crippen molar-refractivity contribution in [2.75, 3.05) is 0 Å². The third-order valence-corrected chi connectivity index (χ3v) is 4.41.